The molecule has 1 aromatic rings. The van der Waals surface area contributed by atoms with Gasteiger partial charge in [-0.05, 0) is 18.6 Å². The number of pyridine rings is 1. The molecule has 0 spiro atoms. The van der Waals surface area contributed by atoms with Gasteiger partial charge in [0.1, 0.15) is 11.6 Å². The van der Waals surface area contributed by atoms with Crippen molar-refractivity contribution in [3.63, 3.8) is 0 Å². The smallest absolute Gasteiger partial charge is 0.263 e. The zero-order chi connectivity index (χ0) is 14.6. The van der Waals surface area contributed by atoms with Crippen molar-refractivity contribution in [1.82, 2.24) is 15.6 Å². The van der Waals surface area contributed by atoms with Crippen LogP contribution >= 0.6 is 0 Å². The first-order chi connectivity index (χ1) is 9.77. The normalized spacial score (nSPS) is 10.7. The summed E-state index contributed by atoms with van der Waals surface area (Å²) in [5, 5.41) is 14.5. The van der Waals surface area contributed by atoms with Crippen molar-refractivity contribution in [2.24, 2.45) is 0 Å². The van der Waals surface area contributed by atoms with E-state index in [1.807, 2.05) is 24.3 Å². The number of aromatic nitrogens is 1. The summed E-state index contributed by atoms with van der Waals surface area (Å²) in [4.78, 5) is 15.8. The van der Waals surface area contributed by atoms with Crippen molar-refractivity contribution >= 4 is 5.91 Å². The average Bonchev–Trinajstić information content (AvgIpc) is 2.49. The highest BCUT2D eigenvalue weighted by atomic mass is 16.5. The standard InChI is InChI=1S/C14H18N4O2/c1-20-8-4-7-18-14(19)12(9-15)10-16-11-13-5-2-3-6-17-13/h2-3,5-6,10,16H,4,7-8,11H2,1H3,(H,18,19)/b12-10-. The van der Waals surface area contributed by atoms with Crippen LogP contribution in [0.25, 0.3) is 0 Å². The number of amides is 1. The van der Waals surface area contributed by atoms with Crippen LogP contribution in [0.1, 0.15) is 12.1 Å². The molecule has 106 valence electrons. The zero-order valence-corrected chi connectivity index (χ0v) is 11.4. The first-order valence-corrected chi connectivity index (χ1v) is 6.28. The Morgan fingerprint density at radius 2 is 2.40 bits per heavy atom. The van der Waals surface area contributed by atoms with Gasteiger partial charge < -0.3 is 15.4 Å². The van der Waals surface area contributed by atoms with Crippen molar-refractivity contribution in [1.29, 1.82) is 5.26 Å². The summed E-state index contributed by atoms with van der Waals surface area (Å²) in [7, 11) is 1.60. The van der Waals surface area contributed by atoms with Gasteiger partial charge in [0.05, 0.1) is 12.2 Å². The fourth-order valence-electron chi connectivity index (χ4n) is 1.42. The van der Waals surface area contributed by atoms with Crippen LogP contribution in [0.15, 0.2) is 36.2 Å². The molecule has 0 unspecified atom stereocenters. The molecule has 6 heteroatoms. The van der Waals surface area contributed by atoms with Gasteiger partial charge in [-0.3, -0.25) is 9.78 Å². The van der Waals surface area contributed by atoms with Crippen LogP contribution in [0, 0.1) is 11.3 Å². The summed E-state index contributed by atoms with van der Waals surface area (Å²) in [5.74, 6) is -0.392. The van der Waals surface area contributed by atoms with Crippen molar-refractivity contribution in [3.8, 4) is 6.07 Å². The van der Waals surface area contributed by atoms with Crippen LogP contribution in [-0.4, -0.2) is 31.2 Å². The molecule has 0 aliphatic carbocycles. The quantitative estimate of drug-likeness (QED) is 0.414. The van der Waals surface area contributed by atoms with E-state index >= 15 is 0 Å². The maximum absolute atomic E-state index is 11.7. The number of ether oxygens (including phenoxy) is 1. The van der Waals surface area contributed by atoms with Crippen molar-refractivity contribution < 1.29 is 9.53 Å². The van der Waals surface area contributed by atoms with E-state index in [-0.39, 0.29) is 5.57 Å². The third kappa shape index (κ3) is 5.98. The molecule has 0 atom stereocenters. The number of nitrogens with zero attached hydrogens (tertiary/aromatic N) is 2. The lowest BCUT2D eigenvalue weighted by molar-refractivity contribution is -0.117. The van der Waals surface area contributed by atoms with Crippen molar-refractivity contribution in [2.45, 2.75) is 13.0 Å². The van der Waals surface area contributed by atoms with Gasteiger partial charge in [0.25, 0.3) is 5.91 Å². The molecule has 6 nitrogen and oxygen atoms in total. The van der Waals surface area contributed by atoms with E-state index in [2.05, 4.69) is 15.6 Å². The Hall–Kier alpha value is -2.39. The van der Waals surface area contributed by atoms with Crippen LogP contribution in [0.5, 0.6) is 0 Å². The Morgan fingerprint density at radius 1 is 1.55 bits per heavy atom. The molecule has 1 amide bonds. The maximum Gasteiger partial charge on any atom is 0.263 e. The van der Waals surface area contributed by atoms with E-state index in [0.29, 0.717) is 26.1 Å². The number of rotatable bonds is 8. The van der Waals surface area contributed by atoms with Gasteiger partial charge in [-0.1, -0.05) is 6.07 Å². The summed E-state index contributed by atoms with van der Waals surface area (Å²) in [6, 6.07) is 7.43. The molecule has 0 saturated carbocycles. The lowest BCUT2D eigenvalue weighted by Gasteiger charge is -2.04. The van der Waals surface area contributed by atoms with Gasteiger partial charge in [0.15, 0.2) is 0 Å². The van der Waals surface area contributed by atoms with E-state index < -0.39 is 5.91 Å². The van der Waals surface area contributed by atoms with E-state index in [9.17, 15) is 4.79 Å². The number of nitriles is 1. The van der Waals surface area contributed by atoms with E-state index in [4.69, 9.17) is 10.00 Å². The molecule has 1 rings (SSSR count). The Labute approximate surface area is 118 Å². The van der Waals surface area contributed by atoms with E-state index in [1.165, 1.54) is 6.20 Å². The average molecular weight is 274 g/mol. The van der Waals surface area contributed by atoms with Crippen molar-refractivity contribution in [2.75, 3.05) is 20.3 Å². The van der Waals surface area contributed by atoms with Gasteiger partial charge in [0.2, 0.25) is 0 Å². The van der Waals surface area contributed by atoms with Gasteiger partial charge >= 0.3 is 0 Å². The molecule has 0 fully saturated rings. The summed E-state index contributed by atoms with van der Waals surface area (Å²) < 4.78 is 4.87. The number of hydrogen-bond acceptors (Lipinski definition) is 5. The highest BCUT2D eigenvalue weighted by Gasteiger charge is 2.07. The monoisotopic (exact) mass is 274 g/mol. The SMILES string of the molecule is COCCCNC(=O)/C(C#N)=C\NCc1ccccn1. The first kappa shape index (κ1) is 15.7. The third-order valence-corrected chi connectivity index (χ3v) is 2.43. The van der Waals surface area contributed by atoms with Gasteiger partial charge in [0, 0.05) is 32.7 Å². The number of carbonyl (C=O) groups is 1. The number of carbonyl (C=O) groups excluding carboxylic acids is 1. The topological polar surface area (TPSA) is 87.0 Å². The Bertz CT molecular complexity index is 480. The molecule has 0 aliphatic heterocycles. The second-order valence-electron chi connectivity index (χ2n) is 3.97. The molecular formula is C14H18N4O2. The second kappa shape index (κ2) is 9.53. The van der Waals surface area contributed by atoms with Crippen LogP contribution < -0.4 is 10.6 Å². The molecule has 20 heavy (non-hydrogen) atoms. The molecule has 0 radical (unpaired) electrons. The fourth-order valence-corrected chi connectivity index (χ4v) is 1.42. The second-order valence-corrected chi connectivity index (χ2v) is 3.97. The Morgan fingerprint density at radius 3 is 3.05 bits per heavy atom. The van der Waals surface area contributed by atoms with Crippen molar-refractivity contribution in [3.05, 3.63) is 41.9 Å². The summed E-state index contributed by atoms with van der Waals surface area (Å²) in [6.45, 7) is 1.51. The molecule has 0 aromatic carbocycles. The number of hydrogen-bond donors (Lipinski definition) is 2. The van der Waals surface area contributed by atoms with Gasteiger partial charge in [-0.2, -0.15) is 5.26 Å². The predicted molar refractivity (Wildman–Crippen MR) is 74.3 cm³/mol. The lowest BCUT2D eigenvalue weighted by atomic mass is 10.3. The fraction of sp³-hybridized carbons (Fsp3) is 0.357. The summed E-state index contributed by atoms with van der Waals surface area (Å²) in [5.41, 5.74) is 0.875. The summed E-state index contributed by atoms with van der Waals surface area (Å²) >= 11 is 0. The minimum Gasteiger partial charge on any atom is -0.385 e. The number of methoxy groups -OCH3 is 1. The minimum atomic E-state index is -0.392. The van der Waals surface area contributed by atoms with Gasteiger partial charge in [-0.25, -0.2) is 0 Å². The first-order valence-electron chi connectivity index (χ1n) is 6.28. The molecule has 0 aliphatic rings. The molecule has 2 N–H and O–H groups in total. The van der Waals surface area contributed by atoms with Crippen LogP contribution in [0.2, 0.25) is 0 Å². The third-order valence-electron chi connectivity index (χ3n) is 2.43. The maximum atomic E-state index is 11.7. The van der Waals surface area contributed by atoms with E-state index in [0.717, 1.165) is 5.69 Å². The van der Waals surface area contributed by atoms with E-state index in [1.54, 1.807) is 13.3 Å². The molecule has 0 bridgehead atoms. The molecule has 1 heterocycles. The van der Waals surface area contributed by atoms with Crippen LogP contribution in [0.4, 0.5) is 0 Å². The largest absolute Gasteiger partial charge is 0.385 e. The predicted octanol–water partition coefficient (Wildman–Crippen LogP) is 0.731. The number of nitrogens with one attached hydrogen (secondary N) is 2. The minimum absolute atomic E-state index is 0.0401. The molecular weight excluding hydrogens is 256 g/mol. The molecule has 0 saturated heterocycles. The van der Waals surface area contributed by atoms with Gasteiger partial charge in [-0.15, -0.1) is 0 Å². The Kier molecular flexibility index (Phi) is 7.46. The highest BCUT2D eigenvalue weighted by molar-refractivity contribution is 5.97. The van der Waals surface area contributed by atoms with Crippen LogP contribution in [0.3, 0.4) is 0 Å². The Balaban J connectivity index is 2.39. The van der Waals surface area contributed by atoms with Crippen LogP contribution in [-0.2, 0) is 16.1 Å². The zero-order valence-electron chi connectivity index (χ0n) is 11.4. The highest BCUT2D eigenvalue weighted by Crippen LogP contribution is 1.95. The lowest BCUT2D eigenvalue weighted by Crippen LogP contribution is -2.27. The summed E-state index contributed by atoms with van der Waals surface area (Å²) in [6.07, 6.45) is 3.80. The molecule has 1 aromatic heterocycles.